The summed E-state index contributed by atoms with van der Waals surface area (Å²) in [7, 11) is 0. The first-order valence-electron chi connectivity index (χ1n) is 5.44. The lowest BCUT2D eigenvalue weighted by atomic mass is 9.94. The summed E-state index contributed by atoms with van der Waals surface area (Å²) in [5, 5.41) is 12.5. The highest BCUT2D eigenvalue weighted by Crippen LogP contribution is 2.26. The Morgan fingerprint density at radius 2 is 2.35 bits per heavy atom. The topological polar surface area (TPSA) is 58.6 Å². The van der Waals surface area contributed by atoms with E-state index in [1.165, 1.54) is 0 Å². The third-order valence-electron chi connectivity index (χ3n) is 2.70. The molecule has 1 aliphatic heterocycles. The Labute approximate surface area is 106 Å². The molecule has 2 rings (SSSR count). The van der Waals surface area contributed by atoms with E-state index in [0.29, 0.717) is 6.61 Å². The summed E-state index contributed by atoms with van der Waals surface area (Å²) in [5.74, 6) is -0.0163. The molecule has 0 spiro atoms. The van der Waals surface area contributed by atoms with Crippen LogP contribution in [0.3, 0.4) is 0 Å². The number of phenolic OH excluding ortho intramolecular Hbond substituents is 1. The molecule has 1 aliphatic rings. The number of hydrogen-bond donors (Lipinski definition) is 2. The predicted molar refractivity (Wildman–Crippen MR) is 66.4 cm³/mol. The number of aromatic hydroxyl groups is 1. The minimum atomic E-state index is -0.399. The van der Waals surface area contributed by atoms with E-state index in [2.05, 4.69) is 5.32 Å². The molecule has 0 amide bonds. The highest BCUT2D eigenvalue weighted by Gasteiger charge is 2.27. The number of rotatable bonds is 2. The van der Waals surface area contributed by atoms with Crippen LogP contribution < -0.4 is 5.32 Å². The zero-order valence-electron chi connectivity index (χ0n) is 9.60. The van der Waals surface area contributed by atoms with E-state index in [1.54, 1.807) is 25.1 Å². The van der Waals surface area contributed by atoms with Gasteiger partial charge in [-0.1, -0.05) is 6.07 Å². The Morgan fingerprint density at radius 3 is 3.06 bits per heavy atom. The molecule has 94 valence electrons. The molecular weight excluding hydrogens is 242 g/mol. The van der Waals surface area contributed by atoms with Gasteiger partial charge in [0.1, 0.15) is 11.8 Å². The Kier molecular flexibility index (Phi) is 4.78. The Morgan fingerprint density at radius 1 is 1.59 bits per heavy atom. The highest BCUT2D eigenvalue weighted by molar-refractivity contribution is 5.85. The van der Waals surface area contributed by atoms with Gasteiger partial charge in [0.25, 0.3) is 0 Å². The van der Waals surface area contributed by atoms with Gasteiger partial charge in [-0.3, -0.25) is 0 Å². The molecule has 1 atom stereocenters. The van der Waals surface area contributed by atoms with Gasteiger partial charge in [-0.05, 0) is 36.6 Å². The van der Waals surface area contributed by atoms with E-state index in [-0.39, 0.29) is 24.1 Å². The van der Waals surface area contributed by atoms with Crippen LogP contribution in [0.4, 0.5) is 0 Å². The molecule has 1 aromatic rings. The molecule has 0 fully saturated rings. The minimum absolute atomic E-state index is 0. The van der Waals surface area contributed by atoms with Gasteiger partial charge in [-0.15, -0.1) is 12.4 Å². The van der Waals surface area contributed by atoms with Crippen LogP contribution in [-0.2, 0) is 16.0 Å². The van der Waals surface area contributed by atoms with Crippen molar-refractivity contribution >= 4 is 18.4 Å². The summed E-state index contributed by atoms with van der Waals surface area (Å²) < 4.78 is 5.00. The standard InChI is InChI=1S/C12H15NO3.ClH/c1-2-16-12(15)11-10-4-3-9(14)7-8(10)5-6-13-11;/h3-4,7,11,13-14H,2,5-6H2,1H3;1H. The van der Waals surface area contributed by atoms with Crippen molar-refractivity contribution in [1.82, 2.24) is 5.32 Å². The number of carbonyl (C=O) groups excluding carboxylic acids is 1. The van der Waals surface area contributed by atoms with Gasteiger partial charge >= 0.3 is 5.97 Å². The quantitative estimate of drug-likeness (QED) is 0.790. The van der Waals surface area contributed by atoms with Crippen molar-refractivity contribution in [2.75, 3.05) is 13.2 Å². The first kappa shape index (κ1) is 13.8. The van der Waals surface area contributed by atoms with Crippen molar-refractivity contribution in [1.29, 1.82) is 0 Å². The lowest BCUT2D eigenvalue weighted by Crippen LogP contribution is -2.36. The van der Waals surface area contributed by atoms with Crippen LogP contribution in [0, 0.1) is 0 Å². The Bertz CT molecular complexity index is 409. The van der Waals surface area contributed by atoms with Gasteiger partial charge in [0.2, 0.25) is 0 Å². The number of fused-ring (bicyclic) bond motifs is 1. The zero-order valence-corrected chi connectivity index (χ0v) is 10.4. The number of ether oxygens (including phenoxy) is 1. The number of carbonyl (C=O) groups is 1. The summed E-state index contributed by atoms with van der Waals surface area (Å²) in [6.07, 6.45) is 0.819. The molecule has 0 aromatic heterocycles. The van der Waals surface area contributed by atoms with Crippen LogP contribution >= 0.6 is 12.4 Å². The second kappa shape index (κ2) is 5.89. The van der Waals surface area contributed by atoms with Gasteiger partial charge in [-0.25, -0.2) is 4.79 Å². The number of esters is 1. The molecule has 5 heteroatoms. The first-order chi connectivity index (χ1) is 7.72. The van der Waals surface area contributed by atoms with Gasteiger partial charge < -0.3 is 15.2 Å². The van der Waals surface area contributed by atoms with Crippen molar-refractivity contribution in [3.05, 3.63) is 29.3 Å². The third-order valence-corrected chi connectivity index (χ3v) is 2.70. The van der Waals surface area contributed by atoms with Crippen molar-refractivity contribution in [3.63, 3.8) is 0 Å². The highest BCUT2D eigenvalue weighted by atomic mass is 35.5. The van der Waals surface area contributed by atoms with Gasteiger partial charge in [0.15, 0.2) is 0 Å². The van der Waals surface area contributed by atoms with E-state index >= 15 is 0 Å². The van der Waals surface area contributed by atoms with Crippen LogP contribution in [0.1, 0.15) is 24.1 Å². The average Bonchev–Trinajstić information content (AvgIpc) is 2.28. The molecule has 0 saturated heterocycles. The zero-order chi connectivity index (χ0) is 11.5. The Hall–Kier alpha value is -1.26. The second-order valence-electron chi connectivity index (χ2n) is 3.77. The van der Waals surface area contributed by atoms with Gasteiger partial charge in [-0.2, -0.15) is 0 Å². The second-order valence-corrected chi connectivity index (χ2v) is 3.77. The Balaban J connectivity index is 0.00000144. The first-order valence-corrected chi connectivity index (χ1v) is 5.44. The normalized spacial score (nSPS) is 17.8. The molecule has 0 aliphatic carbocycles. The van der Waals surface area contributed by atoms with Crippen molar-refractivity contribution < 1.29 is 14.6 Å². The summed E-state index contributed by atoms with van der Waals surface area (Å²) >= 11 is 0. The molecule has 1 unspecified atom stereocenters. The van der Waals surface area contributed by atoms with Gasteiger partial charge in [0.05, 0.1) is 6.61 Å². The van der Waals surface area contributed by atoms with Crippen LogP contribution in [0.15, 0.2) is 18.2 Å². The summed E-state index contributed by atoms with van der Waals surface area (Å²) in [6.45, 7) is 2.89. The maximum Gasteiger partial charge on any atom is 0.327 e. The fourth-order valence-corrected chi connectivity index (χ4v) is 1.99. The summed E-state index contributed by atoms with van der Waals surface area (Å²) in [6, 6.07) is 4.68. The SMILES string of the molecule is CCOC(=O)C1NCCc2cc(O)ccc21.Cl. The molecule has 1 aromatic carbocycles. The molecule has 17 heavy (non-hydrogen) atoms. The minimum Gasteiger partial charge on any atom is -0.508 e. The van der Waals surface area contributed by atoms with E-state index in [4.69, 9.17) is 4.74 Å². The van der Waals surface area contributed by atoms with Crippen molar-refractivity contribution in [3.8, 4) is 5.75 Å². The monoisotopic (exact) mass is 257 g/mol. The van der Waals surface area contributed by atoms with E-state index in [0.717, 1.165) is 24.1 Å². The number of halogens is 1. The molecule has 0 saturated carbocycles. The predicted octanol–water partition coefficient (Wildman–Crippen LogP) is 1.56. The number of benzene rings is 1. The molecule has 0 bridgehead atoms. The molecule has 4 nitrogen and oxygen atoms in total. The largest absolute Gasteiger partial charge is 0.508 e. The van der Waals surface area contributed by atoms with Crippen LogP contribution in [0.2, 0.25) is 0 Å². The summed E-state index contributed by atoms with van der Waals surface area (Å²) in [4.78, 5) is 11.7. The third kappa shape index (κ3) is 2.90. The number of nitrogens with one attached hydrogen (secondary N) is 1. The van der Waals surface area contributed by atoms with E-state index in [1.807, 2.05) is 0 Å². The molecule has 1 heterocycles. The van der Waals surface area contributed by atoms with E-state index in [9.17, 15) is 9.90 Å². The number of hydrogen-bond acceptors (Lipinski definition) is 4. The fourth-order valence-electron chi connectivity index (χ4n) is 1.99. The smallest absolute Gasteiger partial charge is 0.327 e. The van der Waals surface area contributed by atoms with Crippen molar-refractivity contribution in [2.24, 2.45) is 0 Å². The maximum atomic E-state index is 11.7. The maximum absolute atomic E-state index is 11.7. The van der Waals surface area contributed by atoms with Crippen LogP contribution in [0.5, 0.6) is 5.75 Å². The summed E-state index contributed by atoms with van der Waals surface area (Å²) in [5.41, 5.74) is 1.92. The van der Waals surface area contributed by atoms with Crippen molar-refractivity contribution in [2.45, 2.75) is 19.4 Å². The lowest BCUT2D eigenvalue weighted by Gasteiger charge is -2.25. The fraction of sp³-hybridized carbons (Fsp3) is 0.417. The van der Waals surface area contributed by atoms with E-state index < -0.39 is 6.04 Å². The van der Waals surface area contributed by atoms with Crippen LogP contribution in [0.25, 0.3) is 0 Å². The van der Waals surface area contributed by atoms with Crippen LogP contribution in [-0.4, -0.2) is 24.2 Å². The lowest BCUT2D eigenvalue weighted by molar-refractivity contribution is -0.146. The number of phenols is 1. The molecule has 2 N–H and O–H groups in total. The average molecular weight is 258 g/mol. The van der Waals surface area contributed by atoms with Gasteiger partial charge in [0, 0.05) is 6.54 Å². The molecule has 0 radical (unpaired) electrons. The molecular formula is C12H16ClNO3.